The summed E-state index contributed by atoms with van der Waals surface area (Å²) in [6.07, 6.45) is 4.51. The Hall–Kier alpha value is -3.28. The van der Waals surface area contributed by atoms with Gasteiger partial charge in [-0.2, -0.15) is 0 Å². The Bertz CT molecular complexity index is 1080. The molecule has 1 amide bonds. The van der Waals surface area contributed by atoms with E-state index in [0.717, 1.165) is 39.7 Å². The van der Waals surface area contributed by atoms with Crippen molar-refractivity contribution in [3.8, 4) is 11.5 Å². The van der Waals surface area contributed by atoms with Crippen LogP contribution < -0.4 is 14.8 Å². The molecule has 0 spiro atoms. The monoisotopic (exact) mass is 361 g/mol. The Morgan fingerprint density at radius 3 is 3.07 bits per heavy atom. The van der Waals surface area contributed by atoms with E-state index in [0.29, 0.717) is 19.6 Å². The van der Waals surface area contributed by atoms with Crippen molar-refractivity contribution in [3.63, 3.8) is 0 Å². The summed E-state index contributed by atoms with van der Waals surface area (Å²) in [6, 6.07) is 11.8. The number of para-hydroxylation sites is 1. The van der Waals surface area contributed by atoms with Gasteiger partial charge in [-0.15, -0.1) is 0 Å². The molecule has 2 aromatic heterocycles. The first-order valence-corrected chi connectivity index (χ1v) is 8.97. The number of fused-ring (bicyclic) bond motifs is 4. The van der Waals surface area contributed by atoms with Crippen LogP contribution in [0.1, 0.15) is 29.3 Å². The quantitative estimate of drug-likeness (QED) is 0.762. The molecule has 1 N–H and O–H groups in total. The number of rotatable bonds is 2. The van der Waals surface area contributed by atoms with Gasteiger partial charge in [-0.05, 0) is 29.8 Å². The van der Waals surface area contributed by atoms with Gasteiger partial charge >= 0.3 is 0 Å². The second-order valence-corrected chi connectivity index (χ2v) is 6.79. The topological polar surface area (TPSA) is 64.9 Å². The number of amides is 1. The second kappa shape index (κ2) is 6.16. The summed E-state index contributed by atoms with van der Waals surface area (Å²) in [7, 11) is 1.64. The minimum absolute atomic E-state index is 0.0278. The Balaban J connectivity index is 1.66. The molecule has 0 aliphatic carbocycles. The van der Waals surface area contributed by atoms with E-state index in [1.807, 2.05) is 42.6 Å². The highest BCUT2D eigenvalue weighted by Crippen LogP contribution is 2.41. The molecule has 0 saturated heterocycles. The third-order valence-corrected chi connectivity index (χ3v) is 5.22. The molecule has 1 atom stereocenters. The third kappa shape index (κ3) is 2.56. The van der Waals surface area contributed by atoms with Gasteiger partial charge in [0, 0.05) is 24.1 Å². The number of imidazole rings is 1. The van der Waals surface area contributed by atoms with Gasteiger partial charge in [-0.3, -0.25) is 4.79 Å². The zero-order valence-electron chi connectivity index (χ0n) is 14.9. The van der Waals surface area contributed by atoms with E-state index in [4.69, 9.17) is 14.5 Å². The molecule has 0 fully saturated rings. The fraction of sp³-hybridized carbons (Fsp3) is 0.238. The lowest BCUT2D eigenvalue weighted by atomic mass is 9.89. The van der Waals surface area contributed by atoms with Crippen LogP contribution in [0.3, 0.4) is 0 Å². The molecule has 1 unspecified atom stereocenters. The number of ether oxygens (including phenoxy) is 2. The van der Waals surface area contributed by atoms with Crippen LogP contribution in [0.2, 0.25) is 0 Å². The molecule has 4 heterocycles. The first-order chi connectivity index (χ1) is 13.2. The van der Waals surface area contributed by atoms with Crippen molar-refractivity contribution in [1.29, 1.82) is 0 Å². The molecule has 27 heavy (non-hydrogen) atoms. The van der Waals surface area contributed by atoms with Crippen molar-refractivity contribution >= 4 is 17.6 Å². The van der Waals surface area contributed by atoms with E-state index in [1.165, 1.54) is 0 Å². The maximum absolute atomic E-state index is 12.3. The predicted octanol–water partition coefficient (Wildman–Crippen LogP) is 2.92. The maximum atomic E-state index is 12.3. The number of carbonyl (C=O) groups excluding carboxylic acids is 1. The summed E-state index contributed by atoms with van der Waals surface area (Å²) in [5.74, 6) is 1.41. The molecule has 5 rings (SSSR count). The zero-order chi connectivity index (χ0) is 18.4. The number of hydrogen-bond donors (Lipinski definition) is 1. The van der Waals surface area contributed by atoms with Crippen molar-refractivity contribution in [2.75, 3.05) is 13.7 Å². The van der Waals surface area contributed by atoms with Crippen LogP contribution in [0.25, 0.3) is 11.7 Å². The van der Waals surface area contributed by atoms with Crippen LogP contribution in [-0.4, -0.2) is 29.0 Å². The minimum Gasteiger partial charge on any atom is -0.493 e. The lowest BCUT2D eigenvalue weighted by molar-refractivity contribution is -0.121. The third-order valence-electron chi connectivity index (χ3n) is 5.22. The Morgan fingerprint density at radius 2 is 2.19 bits per heavy atom. The van der Waals surface area contributed by atoms with Gasteiger partial charge in [0.1, 0.15) is 12.3 Å². The average Bonchev–Trinajstić information content (AvgIpc) is 2.99. The highest BCUT2D eigenvalue weighted by atomic mass is 16.5. The summed E-state index contributed by atoms with van der Waals surface area (Å²) in [5.41, 5.74) is 4.90. The number of hydrogen-bond acceptors (Lipinski definition) is 4. The molecular weight excluding hydrogens is 342 g/mol. The minimum atomic E-state index is -0.0840. The number of aromatic nitrogens is 2. The van der Waals surface area contributed by atoms with E-state index < -0.39 is 0 Å². The molecule has 0 saturated carbocycles. The molecule has 6 heteroatoms. The fourth-order valence-corrected chi connectivity index (χ4v) is 3.97. The van der Waals surface area contributed by atoms with Crippen molar-refractivity contribution in [2.24, 2.45) is 0 Å². The molecule has 2 aliphatic rings. The lowest BCUT2D eigenvalue weighted by Gasteiger charge is -2.25. The molecule has 136 valence electrons. The maximum Gasteiger partial charge on any atom is 0.221 e. The number of carbonyl (C=O) groups is 1. The van der Waals surface area contributed by atoms with Crippen LogP contribution in [0.4, 0.5) is 0 Å². The van der Waals surface area contributed by atoms with Crippen LogP contribution in [-0.2, 0) is 11.3 Å². The van der Waals surface area contributed by atoms with E-state index in [-0.39, 0.29) is 11.8 Å². The normalized spacial score (nSPS) is 18.6. The highest BCUT2D eigenvalue weighted by Gasteiger charge is 2.32. The molecular formula is C21H19N3O3. The summed E-state index contributed by atoms with van der Waals surface area (Å²) in [5, 5.41) is 2.97. The molecule has 6 nitrogen and oxygen atoms in total. The van der Waals surface area contributed by atoms with Crippen LogP contribution in [0, 0.1) is 0 Å². The van der Waals surface area contributed by atoms with Crippen molar-refractivity contribution in [1.82, 2.24) is 14.7 Å². The van der Waals surface area contributed by atoms with E-state index in [1.54, 1.807) is 7.11 Å². The van der Waals surface area contributed by atoms with Crippen LogP contribution in [0.15, 0.2) is 48.2 Å². The first kappa shape index (κ1) is 15.9. The summed E-state index contributed by atoms with van der Waals surface area (Å²) in [6.45, 7) is 0.871. The smallest absolute Gasteiger partial charge is 0.221 e. The summed E-state index contributed by atoms with van der Waals surface area (Å²) < 4.78 is 13.5. The second-order valence-electron chi connectivity index (χ2n) is 6.79. The molecule has 0 bridgehead atoms. The average molecular weight is 361 g/mol. The molecule has 1 aromatic carbocycles. The Kier molecular flexibility index (Phi) is 3.63. The Morgan fingerprint density at radius 1 is 1.26 bits per heavy atom. The number of benzene rings is 1. The first-order valence-electron chi connectivity index (χ1n) is 8.97. The van der Waals surface area contributed by atoms with Gasteiger partial charge in [0.25, 0.3) is 0 Å². The lowest BCUT2D eigenvalue weighted by Crippen LogP contribution is -2.23. The zero-order valence-corrected chi connectivity index (χ0v) is 14.9. The number of nitrogens with one attached hydrogen (secondary N) is 1. The van der Waals surface area contributed by atoms with Crippen LogP contribution in [0.5, 0.6) is 11.5 Å². The van der Waals surface area contributed by atoms with Crippen molar-refractivity contribution in [3.05, 3.63) is 65.1 Å². The largest absolute Gasteiger partial charge is 0.493 e. The van der Waals surface area contributed by atoms with Gasteiger partial charge in [-0.25, -0.2) is 4.98 Å². The molecule has 0 radical (unpaired) electrons. The summed E-state index contributed by atoms with van der Waals surface area (Å²) >= 11 is 0. The number of nitrogens with zero attached hydrogens (tertiary/aromatic N) is 2. The van der Waals surface area contributed by atoms with E-state index >= 15 is 0 Å². The van der Waals surface area contributed by atoms with Crippen molar-refractivity contribution in [2.45, 2.75) is 18.9 Å². The van der Waals surface area contributed by atoms with Gasteiger partial charge in [0.05, 0.1) is 25.0 Å². The van der Waals surface area contributed by atoms with Gasteiger partial charge < -0.3 is 19.2 Å². The number of pyridine rings is 1. The van der Waals surface area contributed by atoms with Crippen molar-refractivity contribution < 1.29 is 14.3 Å². The molecule has 2 aliphatic heterocycles. The highest BCUT2D eigenvalue weighted by molar-refractivity contribution is 5.79. The van der Waals surface area contributed by atoms with E-state index in [2.05, 4.69) is 15.8 Å². The van der Waals surface area contributed by atoms with Gasteiger partial charge in [-0.1, -0.05) is 18.2 Å². The molecule has 3 aromatic rings. The SMILES string of the molecule is COc1cccc2c1OCC(C1CC(=O)NCc3nc4ccccn4c31)=C2. The fourth-order valence-electron chi connectivity index (χ4n) is 3.97. The van der Waals surface area contributed by atoms with Crippen LogP contribution >= 0.6 is 0 Å². The Labute approximate surface area is 156 Å². The summed E-state index contributed by atoms with van der Waals surface area (Å²) in [4.78, 5) is 17.1. The standard InChI is InChI=1S/C21H19N3O3/c1-26-17-6-4-5-13-9-14(12-27-21(13)17)15-10-19(25)22-11-16-20(15)24-8-3-2-7-18(24)23-16/h2-9,15H,10-12H2,1H3,(H,22,25). The van der Waals surface area contributed by atoms with Gasteiger partial charge in [0.2, 0.25) is 5.91 Å². The number of methoxy groups -OCH3 is 1. The predicted molar refractivity (Wildman–Crippen MR) is 101 cm³/mol. The van der Waals surface area contributed by atoms with E-state index in [9.17, 15) is 4.79 Å². The van der Waals surface area contributed by atoms with Gasteiger partial charge in [0.15, 0.2) is 11.5 Å².